The lowest BCUT2D eigenvalue weighted by molar-refractivity contribution is -0.203. The summed E-state index contributed by atoms with van der Waals surface area (Å²) >= 11 is 0. The van der Waals surface area contributed by atoms with E-state index in [4.69, 9.17) is 9.47 Å². The fraction of sp³-hybridized carbons (Fsp3) is 0.632. The van der Waals surface area contributed by atoms with Crippen molar-refractivity contribution in [3.05, 3.63) is 35.4 Å². The van der Waals surface area contributed by atoms with E-state index in [0.717, 1.165) is 19.3 Å². The lowest BCUT2D eigenvalue weighted by Crippen LogP contribution is -2.28. The average molecular weight is 320 g/mol. The standard InChI is InChI=1S/C19H28O4/c1-18(2,3)23-17(20)14-8-6-13(7-9-14)15-10-11-16(12-15)22-19(4,5)21/h6-9,15-16,21H,10-12H2,1-5H3/t15-,16?/m0/s1. The minimum Gasteiger partial charge on any atom is -0.456 e. The van der Waals surface area contributed by atoms with Crippen LogP contribution in [-0.2, 0) is 9.47 Å². The second kappa shape index (κ2) is 6.62. The second-order valence-electron chi connectivity index (χ2n) is 7.82. The maximum atomic E-state index is 12.0. The van der Waals surface area contributed by atoms with Crippen molar-refractivity contribution in [2.45, 2.75) is 77.3 Å². The Morgan fingerprint density at radius 3 is 2.22 bits per heavy atom. The molecule has 0 aromatic heterocycles. The number of esters is 1. The van der Waals surface area contributed by atoms with Crippen molar-refractivity contribution in [1.29, 1.82) is 0 Å². The molecule has 0 bridgehead atoms. The summed E-state index contributed by atoms with van der Waals surface area (Å²) in [5.41, 5.74) is 1.30. The molecule has 1 fully saturated rings. The lowest BCUT2D eigenvalue weighted by atomic mass is 9.96. The zero-order chi connectivity index (χ0) is 17.3. The third-order valence-electron chi connectivity index (χ3n) is 3.86. The van der Waals surface area contributed by atoms with Gasteiger partial charge in [-0.2, -0.15) is 0 Å². The Hall–Kier alpha value is -1.39. The summed E-state index contributed by atoms with van der Waals surface area (Å²) in [4.78, 5) is 12.0. The molecule has 0 saturated heterocycles. The fourth-order valence-corrected chi connectivity index (χ4v) is 2.99. The molecule has 2 rings (SSSR count). The second-order valence-corrected chi connectivity index (χ2v) is 7.82. The molecule has 0 spiro atoms. The smallest absolute Gasteiger partial charge is 0.338 e. The first-order valence-electron chi connectivity index (χ1n) is 8.27. The zero-order valence-corrected chi connectivity index (χ0v) is 14.8. The number of benzene rings is 1. The number of hydrogen-bond donors (Lipinski definition) is 1. The molecule has 1 aromatic rings. The molecule has 1 saturated carbocycles. The molecule has 2 atom stereocenters. The van der Waals surface area contributed by atoms with Gasteiger partial charge >= 0.3 is 5.97 Å². The molecule has 1 aliphatic rings. The van der Waals surface area contributed by atoms with Crippen LogP contribution >= 0.6 is 0 Å². The summed E-state index contributed by atoms with van der Waals surface area (Å²) in [6.07, 6.45) is 2.97. The molecular formula is C19H28O4. The van der Waals surface area contributed by atoms with Gasteiger partial charge in [0.2, 0.25) is 0 Å². The van der Waals surface area contributed by atoms with Gasteiger partial charge < -0.3 is 14.6 Å². The highest BCUT2D eigenvalue weighted by Crippen LogP contribution is 2.37. The molecule has 1 aromatic carbocycles. The summed E-state index contributed by atoms with van der Waals surface area (Å²) < 4.78 is 11.0. The van der Waals surface area contributed by atoms with Crippen molar-refractivity contribution in [3.63, 3.8) is 0 Å². The molecule has 1 aliphatic carbocycles. The Bertz CT molecular complexity index is 534. The third-order valence-corrected chi connectivity index (χ3v) is 3.86. The van der Waals surface area contributed by atoms with Crippen LogP contribution in [0.3, 0.4) is 0 Å². The van der Waals surface area contributed by atoms with Gasteiger partial charge in [0.05, 0.1) is 11.7 Å². The van der Waals surface area contributed by atoms with Crippen molar-refractivity contribution in [2.24, 2.45) is 0 Å². The van der Waals surface area contributed by atoms with E-state index in [-0.39, 0.29) is 12.1 Å². The van der Waals surface area contributed by atoms with Crippen molar-refractivity contribution in [1.82, 2.24) is 0 Å². The summed E-state index contributed by atoms with van der Waals surface area (Å²) in [6.45, 7) is 8.91. The van der Waals surface area contributed by atoms with Gasteiger partial charge in [0, 0.05) is 0 Å². The van der Waals surface area contributed by atoms with Gasteiger partial charge in [-0.25, -0.2) is 4.79 Å². The molecule has 23 heavy (non-hydrogen) atoms. The normalized spacial score (nSPS) is 22.2. The van der Waals surface area contributed by atoms with E-state index in [1.807, 2.05) is 45.0 Å². The van der Waals surface area contributed by atoms with Crippen LogP contribution < -0.4 is 0 Å². The van der Waals surface area contributed by atoms with Crippen LogP contribution in [0.1, 0.15) is 75.7 Å². The first-order valence-corrected chi connectivity index (χ1v) is 8.27. The van der Waals surface area contributed by atoms with Crippen LogP contribution in [0.5, 0.6) is 0 Å². The highest BCUT2D eigenvalue weighted by Gasteiger charge is 2.30. The van der Waals surface area contributed by atoms with Gasteiger partial charge in [0.25, 0.3) is 0 Å². The molecule has 4 nitrogen and oxygen atoms in total. The topological polar surface area (TPSA) is 55.8 Å². The minimum absolute atomic E-state index is 0.0885. The quantitative estimate of drug-likeness (QED) is 0.672. The van der Waals surface area contributed by atoms with Gasteiger partial charge in [0.15, 0.2) is 5.79 Å². The van der Waals surface area contributed by atoms with Gasteiger partial charge in [-0.05, 0) is 77.5 Å². The van der Waals surface area contributed by atoms with Crippen molar-refractivity contribution >= 4 is 5.97 Å². The fourth-order valence-electron chi connectivity index (χ4n) is 2.99. The van der Waals surface area contributed by atoms with E-state index in [1.165, 1.54) is 5.56 Å². The largest absolute Gasteiger partial charge is 0.456 e. The summed E-state index contributed by atoms with van der Waals surface area (Å²) in [5.74, 6) is -0.964. The van der Waals surface area contributed by atoms with Crippen LogP contribution in [0.25, 0.3) is 0 Å². The maximum Gasteiger partial charge on any atom is 0.338 e. The van der Waals surface area contributed by atoms with Crippen molar-refractivity contribution in [2.75, 3.05) is 0 Å². The number of carbonyl (C=O) groups is 1. The van der Waals surface area contributed by atoms with Gasteiger partial charge in [-0.3, -0.25) is 0 Å². The van der Waals surface area contributed by atoms with Crippen LogP contribution in [0.15, 0.2) is 24.3 Å². The highest BCUT2D eigenvalue weighted by molar-refractivity contribution is 5.89. The van der Waals surface area contributed by atoms with E-state index >= 15 is 0 Å². The Kier molecular flexibility index (Phi) is 5.17. The molecule has 0 heterocycles. The average Bonchev–Trinajstić information content (AvgIpc) is 2.83. The van der Waals surface area contributed by atoms with Gasteiger partial charge in [-0.15, -0.1) is 0 Å². The molecule has 0 aliphatic heterocycles. The predicted molar refractivity (Wildman–Crippen MR) is 89.4 cm³/mol. The highest BCUT2D eigenvalue weighted by atomic mass is 16.6. The van der Waals surface area contributed by atoms with E-state index in [1.54, 1.807) is 13.8 Å². The Balaban J connectivity index is 1.97. The Labute approximate surface area is 138 Å². The van der Waals surface area contributed by atoms with Crippen molar-refractivity contribution in [3.8, 4) is 0 Å². The first kappa shape index (κ1) is 18.0. The number of rotatable bonds is 4. The van der Waals surface area contributed by atoms with Crippen LogP contribution in [-0.4, -0.2) is 28.6 Å². The number of hydrogen-bond acceptors (Lipinski definition) is 4. The minimum atomic E-state index is -1.08. The monoisotopic (exact) mass is 320 g/mol. The molecule has 128 valence electrons. The van der Waals surface area contributed by atoms with E-state index in [9.17, 15) is 9.90 Å². The van der Waals surface area contributed by atoms with E-state index < -0.39 is 11.4 Å². The molecule has 1 N–H and O–H groups in total. The molecule has 0 amide bonds. The summed E-state index contributed by atoms with van der Waals surface area (Å²) in [7, 11) is 0. The van der Waals surface area contributed by atoms with Crippen LogP contribution in [0, 0.1) is 0 Å². The maximum absolute atomic E-state index is 12.0. The zero-order valence-electron chi connectivity index (χ0n) is 14.8. The number of carbonyl (C=O) groups excluding carboxylic acids is 1. The van der Waals surface area contributed by atoms with Crippen molar-refractivity contribution < 1.29 is 19.4 Å². The molecule has 0 radical (unpaired) electrons. The van der Waals surface area contributed by atoms with Gasteiger partial charge in [0.1, 0.15) is 5.60 Å². The predicted octanol–water partition coefficient (Wildman–Crippen LogP) is 4.02. The summed E-state index contributed by atoms with van der Waals surface area (Å²) in [6, 6.07) is 7.65. The molecule has 4 heteroatoms. The SMILES string of the molecule is CC(C)(C)OC(=O)c1ccc([C@H]2CCC(OC(C)(C)O)C2)cc1. The number of aliphatic hydroxyl groups is 1. The lowest BCUT2D eigenvalue weighted by Gasteiger charge is -2.23. The van der Waals surface area contributed by atoms with E-state index in [0.29, 0.717) is 11.5 Å². The van der Waals surface area contributed by atoms with Gasteiger partial charge in [-0.1, -0.05) is 12.1 Å². The van der Waals surface area contributed by atoms with Crippen LogP contribution in [0.4, 0.5) is 0 Å². The first-order chi connectivity index (χ1) is 10.5. The van der Waals surface area contributed by atoms with E-state index in [2.05, 4.69) is 0 Å². The summed E-state index contributed by atoms with van der Waals surface area (Å²) in [5, 5.41) is 9.75. The Morgan fingerprint density at radius 2 is 1.70 bits per heavy atom. The third kappa shape index (κ3) is 5.63. The molecule has 1 unspecified atom stereocenters. The molecular weight excluding hydrogens is 292 g/mol. The van der Waals surface area contributed by atoms with Crippen LogP contribution in [0.2, 0.25) is 0 Å². The number of ether oxygens (including phenoxy) is 2. The Morgan fingerprint density at radius 1 is 1.09 bits per heavy atom.